The number of carbonyl (C=O) groups excluding carboxylic acids is 1. The van der Waals surface area contributed by atoms with Crippen molar-refractivity contribution in [3.8, 4) is 11.3 Å². The van der Waals surface area contributed by atoms with Crippen molar-refractivity contribution in [3.63, 3.8) is 0 Å². The smallest absolute Gasteiger partial charge is 0.275 e. The number of nitrogens with one attached hydrogen (secondary N) is 1. The number of hydrogen-bond donors (Lipinski definition) is 1. The van der Waals surface area contributed by atoms with Crippen LogP contribution in [0.2, 0.25) is 5.02 Å². The maximum absolute atomic E-state index is 14.6. The number of hydrogen-bond acceptors (Lipinski definition) is 7. The average molecular weight is 565 g/mol. The average Bonchev–Trinajstić information content (AvgIpc) is 3.33. The molecular formula is C24H18ClF5N8O. The predicted octanol–water partition coefficient (Wildman–Crippen LogP) is 5.18. The van der Waals surface area contributed by atoms with E-state index in [1.54, 1.807) is 0 Å². The highest BCUT2D eigenvalue weighted by Gasteiger charge is 2.28. The monoisotopic (exact) mass is 564 g/mol. The van der Waals surface area contributed by atoms with Crippen LogP contribution >= 0.6 is 11.6 Å². The second-order valence-electron chi connectivity index (χ2n) is 8.52. The molecular weight excluding hydrogens is 547 g/mol. The molecule has 1 unspecified atom stereocenters. The maximum Gasteiger partial charge on any atom is 0.275 e. The zero-order chi connectivity index (χ0) is 27.7. The number of carbonyl (C=O) groups is 1. The number of nitrogens with zero attached hydrogens (tertiary/aromatic N) is 7. The molecule has 0 saturated carbocycles. The van der Waals surface area contributed by atoms with Gasteiger partial charge in [-0.1, -0.05) is 17.7 Å². The Morgan fingerprint density at radius 2 is 1.77 bits per heavy atom. The highest BCUT2D eigenvalue weighted by atomic mass is 35.5. The third kappa shape index (κ3) is 5.37. The van der Waals surface area contributed by atoms with Crippen LogP contribution in [0.4, 0.5) is 33.6 Å². The van der Waals surface area contributed by atoms with E-state index in [9.17, 15) is 26.7 Å². The van der Waals surface area contributed by atoms with Crippen LogP contribution in [0, 0.1) is 5.82 Å². The van der Waals surface area contributed by atoms with Crippen molar-refractivity contribution in [2.75, 3.05) is 23.3 Å². The molecule has 202 valence electrons. The lowest BCUT2D eigenvalue weighted by Gasteiger charge is -2.30. The molecule has 1 saturated heterocycles. The standard InChI is InChI=1S/C24H18ClF5N8O/c25-15-3-2-14(21(27)28)18(19(15)26)16-9-31-10-17(36-16)23(39)35-13-8-34-38(11-13)20(22(29)30)12-6-32-24(33-7-12)37-4-1-5-37/h2-3,6-11,20-22H,1,4-5H2,(H,35,39). The van der Waals surface area contributed by atoms with Crippen molar-refractivity contribution in [1.29, 1.82) is 0 Å². The molecule has 1 aliphatic heterocycles. The second-order valence-corrected chi connectivity index (χ2v) is 8.92. The van der Waals surface area contributed by atoms with Crippen LogP contribution in [0.1, 0.15) is 40.5 Å². The highest BCUT2D eigenvalue weighted by Crippen LogP contribution is 2.35. The number of anilines is 2. The van der Waals surface area contributed by atoms with Crippen molar-refractivity contribution < 1.29 is 26.7 Å². The number of alkyl halides is 4. The zero-order valence-corrected chi connectivity index (χ0v) is 20.5. The molecule has 0 aliphatic carbocycles. The third-order valence-corrected chi connectivity index (χ3v) is 6.30. The minimum atomic E-state index is -3.04. The number of halogens is 6. The van der Waals surface area contributed by atoms with Gasteiger partial charge in [0, 0.05) is 48.4 Å². The second kappa shape index (κ2) is 10.9. The summed E-state index contributed by atoms with van der Waals surface area (Å²) in [4.78, 5) is 30.8. The number of benzene rings is 1. The van der Waals surface area contributed by atoms with E-state index >= 15 is 0 Å². The summed E-state index contributed by atoms with van der Waals surface area (Å²) in [6.07, 6.45) is 2.08. The van der Waals surface area contributed by atoms with Crippen molar-refractivity contribution in [3.05, 3.63) is 77.0 Å². The van der Waals surface area contributed by atoms with E-state index in [1.165, 1.54) is 18.6 Å². The third-order valence-electron chi connectivity index (χ3n) is 6.01. The van der Waals surface area contributed by atoms with Gasteiger partial charge in [-0.05, 0) is 12.5 Å². The van der Waals surface area contributed by atoms with Gasteiger partial charge >= 0.3 is 0 Å². The first-order valence-electron chi connectivity index (χ1n) is 11.5. The van der Waals surface area contributed by atoms with E-state index in [-0.39, 0.29) is 22.6 Å². The summed E-state index contributed by atoms with van der Waals surface area (Å²) in [6, 6.07) is 0.419. The summed E-state index contributed by atoms with van der Waals surface area (Å²) in [5.74, 6) is -1.55. The Kier molecular flexibility index (Phi) is 7.37. The molecule has 0 bridgehead atoms. The quantitative estimate of drug-likeness (QED) is 0.294. The lowest BCUT2D eigenvalue weighted by atomic mass is 10.0. The molecule has 0 radical (unpaired) electrons. The van der Waals surface area contributed by atoms with E-state index in [1.807, 2.05) is 4.90 Å². The van der Waals surface area contributed by atoms with Crippen molar-refractivity contribution in [2.24, 2.45) is 0 Å². The van der Waals surface area contributed by atoms with Crippen LogP contribution < -0.4 is 10.2 Å². The largest absolute Gasteiger partial charge is 0.341 e. The van der Waals surface area contributed by atoms with Gasteiger partial charge in [0.25, 0.3) is 18.8 Å². The first-order valence-corrected chi connectivity index (χ1v) is 11.9. The molecule has 0 spiro atoms. The van der Waals surface area contributed by atoms with Gasteiger partial charge in [-0.25, -0.2) is 36.9 Å². The Labute approximate surface area is 222 Å². The number of rotatable bonds is 8. The van der Waals surface area contributed by atoms with Gasteiger partial charge in [0.1, 0.15) is 11.7 Å². The van der Waals surface area contributed by atoms with E-state index < -0.39 is 46.8 Å². The molecule has 39 heavy (non-hydrogen) atoms. The van der Waals surface area contributed by atoms with Crippen LogP contribution in [0.3, 0.4) is 0 Å². The molecule has 1 atom stereocenters. The lowest BCUT2D eigenvalue weighted by molar-refractivity contribution is 0.0950. The summed E-state index contributed by atoms with van der Waals surface area (Å²) in [5.41, 5.74) is -1.79. The lowest BCUT2D eigenvalue weighted by Crippen LogP contribution is -2.38. The van der Waals surface area contributed by atoms with Crippen molar-refractivity contribution in [2.45, 2.75) is 25.3 Å². The number of aromatic nitrogens is 6. The molecule has 1 fully saturated rings. The van der Waals surface area contributed by atoms with Crippen LogP contribution in [0.25, 0.3) is 11.3 Å². The SMILES string of the molecule is O=C(Nc1cnn(C(c2cnc(N3CCC3)nc2)C(F)F)c1)c1cncc(-c2c(C(F)F)ccc(Cl)c2F)n1. The van der Waals surface area contributed by atoms with Gasteiger partial charge in [-0.15, -0.1) is 0 Å². The van der Waals surface area contributed by atoms with Crippen LogP contribution in [-0.4, -0.2) is 55.1 Å². The fourth-order valence-electron chi connectivity index (χ4n) is 3.93. The van der Waals surface area contributed by atoms with Gasteiger partial charge in [-0.3, -0.25) is 14.5 Å². The van der Waals surface area contributed by atoms with Gasteiger partial charge in [0.2, 0.25) is 5.95 Å². The molecule has 3 aromatic heterocycles. The minimum Gasteiger partial charge on any atom is -0.341 e. The summed E-state index contributed by atoms with van der Waals surface area (Å²) < 4.78 is 70.5. The Hall–Kier alpha value is -4.20. The normalized spacial score (nSPS) is 14.0. The van der Waals surface area contributed by atoms with E-state index in [4.69, 9.17) is 11.6 Å². The van der Waals surface area contributed by atoms with Crippen LogP contribution in [0.5, 0.6) is 0 Å². The fourth-order valence-corrected chi connectivity index (χ4v) is 4.09. The Morgan fingerprint density at radius 3 is 2.41 bits per heavy atom. The Bertz CT molecular complexity index is 1500. The fraction of sp³-hybridized carbons (Fsp3) is 0.250. The topological polar surface area (TPSA) is 102 Å². The van der Waals surface area contributed by atoms with Gasteiger partial charge < -0.3 is 10.2 Å². The minimum absolute atomic E-state index is 0.0400. The van der Waals surface area contributed by atoms with Crippen LogP contribution in [0.15, 0.2) is 49.3 Å². The highest BCUT2D eigenvalue weighted by molar-refractivity contribution is 6.31. The molecule has 1 amide bonds. The molecule has 15 heteroatoms. The van der Waals surface area contributed by atoms with Crippen molar-refractivity contribution >= 4 is 29.1 Å². The molecule has 5 rings (SSSR count). The summed E-state index contributed by atoms with van der Waals surface area (Å²) >= 11 is 5.76. The van der Waals surface area contributed by atoms with Crippen molar-refractivity contribution in [1.82, 2.24) is 29.7 Å². The maximum atomic E-state index is 14.6. The molecule has 4 aromatic rings. The van der Waals surface area contributed by atoms with E-state index in [0.29, 0.717) is 5.95 Å². The zero-order valence-electron chi connectivity index (χ0n) is 19.8. The Morgan fingerprint density at radius 1 is 1.03 bits per heavy atom. The first kappa shape index (κ1) is 26.4. The predicted molar refractivity (Wildman–Crippen MR) is 131 cm³/mol. The summed E-state index contributed by atoms with van der Waals surface area (Å²) in [6.45, 7) is 1.60. The van der Waals surface area contributed by atoms with Gasteiger partial charge in [0.15, 0.2) is 5.82 Å². The summed E-state index contributed by atoms with van der Waals surface area (Å²) in [5, 5.41) is 5.96. The molecule has 1 aromatic carbocycles. The van der Waals surface area contributed by atoms with Gasteiger partial charge in [0.05, 0.1) is 35.0 Å². The molecule has 9 nitrogen and oxygen atoms in total. The van der Waals surface area contributed by atoms with E-state index in [2.05, 4.69) is 30.4 Å². The molecule has 4 heterocycles. The molecule has 1 aliphatic rings. The molecule has 1 N–H and O–H groups in total. The van der Waals surface area contributed by atoms with Crippen LogP contribution in [-0.2, 0) is 0 Å². The van der Waals surface area contributed by atoms with E-state index in [0.717, 1.165) is 54.9 Å². The summed E-state index contributed by atoms with van der Waals surface area (Å²) in [7, 11) is 0. The Balaban J connectivity index is 1.36. The first-order chi connectivity index (χ1) is 18.7. The van der Waals surface area contributed by atoms with Gasteiger partial charge in [-0.2, -0.15) is 5.10 Å². The number of amides is 1.